The molecular weight excluding hydrogens is 259 g/mol. The topological polar surface area (TPSA) is 64.3 Å². The molecule has 0 radical (unpaired) electrons. The SMILES string of the molecule is CC(C)CC(C)OCCC(=O)Nc1cc(N)ccc1F. The van der Waals surface area contributed by atoms with E-state index in [1.54, 1.807) is 0 Å². The summed E-state index contributed by atoms with van der Waals surface area (Å²) in [5.41, 5.74) is 6.05. The molecule has 112 valence electrons. The molecule has 0 aliphatic carbocycles. The van der Waals surface area contributed by atoms with Crippen molar-refractivity contribution >= 4 is 17.3 Å². The number of carbonyl (C=O) groups is 1. The second kappa shape index (κ2) is 7.85. The Morgan fingerprint density at radius 2 is 2.10 bits per heavy atom. The Kier molecular flexibility index (Phi) is 6.45. The summed E-state index contributed by atoms with van der Waals surface area (Å²) in [5.74, 6) is -0.229. The molecule has 0 saturated heterocycles. The maximum Gasteiger partial charge on any atom is 0.226 e. The van der Waals surface area contributed by atoms with Crippen LogP contribution in [0.5, 0.6) is 0 Å². The van der Waals surface area contributed by atoms with Gasteiger partial charge in [-0.25, -0.2) is 4.39 Å². The number of benzene rings is 1. The second-order valence-electron chi connectivity index (χ2n) is 5.35. The standard InChI is InChI=1S/C15H23FN2O2/c1-10(2)8-11(3)20-7-6-15(19)18-14-9-12(17)4-5-13(14)16/h4-5,9-11H,6-8,17H2,1-3H3,(H,18,19). The lowest BCUT2D eigenvalue weighted by Crippen LogP contribution is -2.18. The zero-order valence-electron chi connectivity index (χ0n) is 12.3. The highest BCUT2D eigenvalue weighted by Crippen LogP contribution is 2.17. The molecule has 1 unspecified atom stereocenters. The van der Waals surface area contributed by atoms with Gasteiger partial charge in [-0.2, -0.15) is 0 Å². The number of ether oxygens (including phenoxy) is 1. The molecule has 5 heteroatoms. The van der Waals surface area contributed by atoms with Gasteiger partial charge in [0.2, 0.25) is 5.91 Å². The molecule has 0 bridgehead atoms. The Morgan fingerprint density at radius 1 is 1.40 bits per heavy atom. The molecule has 1 atom stereocenters. The van der Waals surface area contributed by atoms with Crippen molar-refractivity contribution in [3.05, 3.63) is 24.0 Å². The fourth-order valence-corrected chi connectivity index (χ4v) is 1.94. The summed E-state index contributed by atoms with van der Waals surface area (Å²) >= 11 is 0. The van der Waals surface area contributed by atoms with Crippen LogP contribution >= 0.6 is 0 Å². The highest BCUT2D eigenvalue weighted by molar-refractivity contribution is 5.91. The fraction of sp³-hybridized carbons (Fsp3) is 0.533. The molecule has 3 N–H and O–H groups in total. The van der Waals surface area contributed by atoms with E-state index in [4.69, 9.17) is 10.5 Å². The highest BCUT2D eigenvalue weighted by atomic mass is 19.1. The Bertz CT molecular complexity index is 449. The molecule has 1 rings (SSSR count). The van der Waals surface area contributed by atoms with Gasteiger partial charge in [-0.3, -0.25) is 4.79 Å². The van der Waals surface area contributed by atoms with Crippen molar-refractivity contribution in [1.29, 1.82) is 0 Å². The molecule has 1 amide bonds. The van der Waals surface area contributed by atoms with Crippen LogP contribution in [0.25, 0.3) is 0 Å². The van der Waals surface area contributed by atoms with Gasteiger partial charge in [0.15, 0.2) is 0 Å². The first-order valence-electron chi connectivity index (χ1n) is 6.85. The van der Waals surface area contributed by atoms with Gasteiger partial charge in [0.05, 0.1) is 24.8 Å². The average Bonchev–Trinajstić information content (AvgIpc) is 2.33. The minimum atomic E-state index is -0.498. The van der Waals surface area contributed by atoms with Gasteiger partial charge in [0.1, 0.15) is 5.82 Å². The van der Waals surface area contributed by atoms with Gasteiger partial charge >= 0.3 is 0 Å². The van der Waals surface area contributed by atoms with Crippen LogP contribution in [0.1, 0.15) is 33.6 Å². The zero-order valence-corrected chi connectivity index (χ0v) is 12.3. The number of anilines is 2. The van der Waals surface area contributed by atoms with Gasteiger partial charge in [-0.05, 0) is 37.5 Å². The first kappa shape index (κ1) is 16.4. The Balaban J connectivity index is 2.35. The van der Waals surface area contributed by atoms with E-state index in [1.807, 2.05) is 6.92 Å². The summed E-state index contributed by atoms with van der Waals surface area (Å²) in [4.78, 5) is 11.7. The van der Waals surface area contributed by atoms with Crippen molar-refractivity contribution in [1.82, 2.24) is 0 Å². The van der Waals surface area contributed by atoms with Crippen molar-refractivity contribution in [2.45, 2.75) is 39.7 Å². The lowest BCUT2D eigenvalue weighted by Gasteiger charge is -2.15. The molecule has 1 aromatic carbocycles. The molecular formula is C15H23FN2O2. The van der Waals surface area contributed by atoms with Crippen molar-refractivity contribution in [2.24, 2.45) is 5.92 Å². The number of rotatable bonds is 7. The molecule has 4 nitrogen and oxygen atoms in total. The smallest absolute Gasteiger partial charge is 0.226 e. The van der Waals surface area contributed by atoms with Crippen LogP contribution in [0.15, 0.2) is 18.2 Å². The van der Waals surface area contributed by atoms with Crippen molar-refractivity contribution in [2.75, 3.05) is 17.7 Å². The third-order valence-electron chi connectivity index (χ3n) is 2.80. The molecule has 0 aromatic heterocycles. The quantitative estimate of drug-likeness (QED) is 0.755. The molecule has 0 aliphatic heterocycles. The molecule has 0 spiro atoms. The minimum Gasteiger partial charge on any atom is -0.399 e. The average molecular weight is 282 g/mol. The van der Waals surface area contributed by atoms with Crippen molar-refractivity contribution < 1.29 is 13.9 Å². The minimum absolute atomic E-state index is 0.102. The largest absolute Gasteiger partial charge is 0.399 e. The first-order valence-corrected chi connectivity index (χ1v) is 6.85. The second-order valence-corrected chi connectivity index (χ2v) is 5.35. The van der Waals surface area contributed by atoms with Gasteiger partial charge in [-0.1, -0.05) is 13.8 Å². The van der Waals surface area contributed by atoms with E-state index in [1.165, 1.54) is 18.2 Å². The molecule has 0 heterocycles. The van der Waals surface area contributed by atoms with Crippen molar-refractivity contribution in [3.63, 3.8) is 0 Å². The number of nitrogen functional groups attached to an aromatic ring is 1. The first-order chi connectivity index (χ1) is 9.38. The lowest BCUT2D eigenvalue weighted by atomic mass is 10.1. The van der Waals surface area contributed by atoms with E-state index >= 15 is 0 Å². The van der Waals surface area contributed by atoms with E-state index in [-0.39, 0.29) is 24.1 Å². The number of carbonyl (C=O) groups excluding carboxylic acids is 1. The maximum atomic E-state index is 13.4. The van der Waals surface area contributed by atoms with Gasteiger partial charge in [-0.15, -0.1) is 0 Å². The number of hydrogen-bond donors (Lipinski definition) is 2. The van der Waals surface area contributed by atoms with Gasteiger partial charge in [0, 0.05) is 5.69 Å². The van der Waals surface area contributed by atoms with E-state index in [0.29, 0.717) is 18.2 Å². The Labute approximate surface area is 119 Å². The van der Waals surface area contributed by atoms with Gasteiger partial charge in [0.25, 0.3) is 0 Å². The Hall–Kier alpha value is -1.62. The van der Waals surface area contributed by atoms with Gasteiger partial charge < -0.3 is 15.8 Å². The predicted molar refractivity (Wildman–Crippen MR) is 78.9 cm³/mol. The number of amides is 1. The number of nitrogens with two attached hydrogens (primary N) is 1. The molecule has 0 aliphatic rings. The van der Waals surface area contributed by atoms with E-state index in [9.17, 15) is 9.18 Å². The van der Waals surface area contributed by atoms with Crippen LogP contribution in [0.3, 0.4) is 0 Å². The normalized spacial score (nSPS) is 12.4. The summed E-state index contributed by atoms with van der Waals surface area (Å²) in [6.07, 6.45) is 1.26. The summed E-state index contributed by atoms with van der Waals surface area (Å²) in [7, 11) is 0. The van der Waals surface area contributed by atoms with Crippen LogP contribution < -0.4 is 11.1 Å². The maximum absolute atomic E-state index is 13.4. The van der Waals surface area contributed by atoms with Crippen LogP contribution in [0, 0.1) is 11.7 Å². The van der Waals surface area contributed by atoms with E-state index < -0.39 is 5.82 Å². The van der Waals surface area contributed by atoms with Crippen molar-refractivity contribution in [3.8, 4) is 0 Å². The summed E-state index contributed by atoms with van der Waals surface area (Å²) in [6, 6.07) is 4.07. The molecule has 0 saturated carbocycles. The molecule has 1 aromatic rings. The monoisotopic (exact) mass is 282 g/mol. The number of halogens is 1. The number of nitrogens with one attached hydrogen (secondary N) is 1. The molecule has 0 fully saturated rings. The third-order valence-corrected chi connectivity index (χ3v) is 2.80. The third kappa shape index (κ3) is 6.02. The van der Waals surface area contributed by atoms with E-state index in [0.717, 1.165) is 6.42 Å². The zero-order chi connectivity index (χ0) is 15.1. The van der Waals surface area contributed by atoms with Crippen LogP contribution in [0.2, 0.25) is 0 Å². The summed E-state index contributed by atoms with van der Waals surface area (Å²) in [5, 5.41) is 2.49. The lowest BCUT2D eigenvalue weighted by molar-refractivity contribution is -0.117. The van der Waals surface area contributed by atoms with E-state index in [2.05, 4.69) is 19.2 Å². The van der Waals surface area contributed by atoms with Crippen LogP contribution in [-0.2, 0) is 9.53 Å². The Morgan fingerprint density at radius 3 is 2.75 bits per heavy atom. The predicted octanol–water partition coefficient (Wildman–Crippen LogP) is 3.19. The van der Waals surface area contributed by atoms with Crippen LogP contribution in [0.4, 0.5) is 15.8 Å². The molecule has 20 heavy (non-hydrogen) atoms. The van der Waals surface area contributed by atoms with Crippen LogP contribution in [-0.4, -0.2) is 18.6 Å². The summed E-state index contributed by atoms with van der Waals surface area (Å²) < 4.78 is 19.0. The summed E-state index contributed by atoms with van der Waals surface area (Å²) in [6.45, 7) is 6.55. The fourth-order valence-electron chi connectivity index (χ4n) is 1.94. The number of hydrogen-bond acceptors (Lipinski definition) is 3. The highest BCUT2D eigenvalue weighted by Gasteiger charge is 2.09.